The summed E-state index contributed by atoms with van der Waals surface area (Å²) in [5.41, 5.74) is 8.66. The molecular weight excluding hydrogens is 274 g/mol. The third kappa shape index (κ3) is 3.92. The second kappa shape index (κ2) is 6.28. The highest BCUT2D eigenvalue weighted by molar-refractivity contribution is 5.43. The van der Waals surface area contributed by atoms with Gasteiger partial charge in [0, 0.05) is 13.1 Å². The molecule has 3 nitrogen and oxygen atoms in total. The van der Waals surface area contributed by atoms with E-state index >= 15 is 0 Å². The maximum atomic E-state index is 12.4. The molecule has 0 saturated carbocycles. The molecule has 1 unspecified atom stereocenters. The number of hydrogen-bond donors (Lipinski definition) is 1. The predicted molar refractivity (Wildman–Crippen MR) is 79.6 cm³/mol. The van der Waals surface area contributed by atoms with E-state index in [9.17, 15) is 8.78 Å². The summed E-state index contributed by atoms with van der Waals surface area (Å²) in [6.07, 6.45) is 1.11. The SMILES string of the molecule is Cc1cc(CN2CCC(C)(CN)C2)cc(C)c1OC(F)F. The van der Waals surface area contributed by atoms with Crippen LogP contribution in [0, 0.1) is 19.3 Å². The third-order valence-electron chi connectivity index (χ3n) is 4.26. The Bertz CT molecular complexity index is 484. The van der Waals surface area contributed by atoms with E-state index in [2.05, 4.69) is 16.6 Å². The third-order valence-corrected chi connectivity index (χ3v) is 4.26. The predicted octanol–water partition coefficient (Wildman–Crippen LogP) is 3.08. The minimum atomic E-state index is -2.78. The van der Waals surface area contributed by atoms with Crippen LogP contribution in [-0.2, 0) is 6.54 Å². The van der Waals surface area contributed by atoms with Gasteiger partial charge in [-0.15, -0.1) is 0 Å². The van der Waals surface area contributed by atoms with Crippen molar-refractivity contribution in [3.63, 3.8) is 0 Å². The van der Waals surface area contributed by atoms with Crippen LogP contribution in [0.1, 0.15) is 30.0 Å². The number of halogens is 2. The van der Waals surface area contributed by atoms with E-state index in [0.29, 0.717) is 12.3 Å². The van der Waals surface area contributed by atoms with E-state index in [0.717, 1.165) is 42.7 Å². The van der Waals surface area contributed by atoms with Crippen LogP contribution in [0.4, 0.5) is 8.78 Å². The van der Waals surface area contributed by atoms with E-state index in [-0.39, 0.29) is 5.41 Å². The first kappa shape index (κ1) is 16.2. The van der Waals surface area contributed by atoms with Gasteiger partial charge in [0.05, 0.1) is 0 Å². The zero-order valence-electron chi connectivity index (χ0n) is 13.0. The van der Waals surface area contributed by atoms with Crippen LogP contribution < -0.4 is 10.5 Å². The molecule has 1 aliphatic heterocycles. The Balaban J connectivity index is 2.09. The number of ether oxygens (including phenoxy) is 1. The molecule has 118 valence electrons. The molecule has 1 heterocycles. The lowest BCUT2D eigenvalue weighted by Gasteiger charge is -2.23. The van der Waals surface area contributed by atoms with Crippen LogP contribution in [0.5, 0.6) is 5.75 Å². The molecule has 1 atom stereocenters. The Kier molecular flexibility index (Phi) is 4.84. The van der Waals surface area contributed by atoms with E-state index in [4.69, 9.17) is 5.73 Å². The highest BCUT2D eigenvalue weighted by atomic mass is 19.3. The lowest BCUT2D eigenvalue weighted by Crippen LogP contribution is -2.31. The van der Waals surface area contributed by atoms with Gasteiger partial charge in [-0.05, 0) is 55.5 Å². The molecule has 1 aromatic rings. The summed E-state index contributed by atoms with van der Waals surface area (Å²) in [6, 6.07) is 3.87. The number of nitrogens with two attached hydrogens (primary N) is 1. The smallest absolute Gasteiger partial charge is 0.387 e. The first-order valence-corrected chi connectivity index (χ1v) is 7.30. The molecule has 1 aromatic carbocycles. The van der Waals surface area contributed by atoms with Crippen molar-refractivity contribution in [3.05, 3.63) is 28.8 Å². The Labute approximate surface area is 125 Å². The van der Waals surface area contributed by atoms with Gasteiger partial charge in [-0.2, -0.15) is 8.78 Å². The fourth-order valence-corrected chi connectivity index (χ4v) is 3.09. The molecule has 0 spiro atoms. The average molecular weight is 298 g/mol. The Morgan fingerprint density at radius 1 is 1.33 bits per heavy atom. The van der Waals surface area contributed by atoms with E-state index in [1.165, 1.54) is 0 Å². The van der Waals surface area contributed by atoms with Crippen LogP contribution >= 0.6 is 0 Å². The van der Waals surface area contributed by atoms with Crippen molar-refractivity contribution in [1.29, 1.82) is 0 Å². The number of aryl methyl sites for hydroxylation is 2. The zero-order chi connectivity index (χ0) is 15.6. The quantitative estimate of drug-likeness (QED) is 0.908. The first-order chi connectivity index (χ1) is 9.83. The van der Waals surface area contributed by atoms with E-state index in [1.54, 1.807) is 0 Å². The van der Waals surface area contributed by atoms with Gasteiger partial charge in [-0.3, -0.25) is 4.90 Å². The Morgan fingerprint density at radius 3 is 2.43 bits per heavy atom. The minimum absolute atomic E-state index is 0.197. The molecule has 2 N–H and O–H groups in total. The molecule has 0 aliphatic carbocycles. The largest absolute Gasteiger partial charge is 0.434 e. The molecule has 21 heavy (non-hydrogen) atoms. The van der Waals surface area contributed by atoms with E-state index in [1.807, 2.05) is 26.0 Å². The van der Waals surface area contributed by atoms with Crippen molar-refractivity contribution in [3.8, 4) is 5.75 Å². The number of nitrogens with zero attached hydrogens (tertiary/aromatic N) is 1. The summed E-state index contributed by atoms with van der Waals surface area (Å²) < 4.78 is 29.4. The summed E-state index contributed by atoms with van der Waals surface area (Å²) in [6.45, 7) is 6.58. The fourth-order valence-electron chi connectivity index (χ4n) is 3.09. The number of alkyl halides is 2. The molecule has 5 heteroatoms. The minimum Gasteiger partial charge on any atom is -0.434 e. The second-order valence-electron chi connectivity index (χ2n) is 6.41. The van der Waals surface area contributed by atoms with Gasteiger partial charge in [-0.25, -0.2) is 0 Å². The molecule has 0 radical (unpaired) electrons. The molecule has 1 aliphatic rings. The monoisotopic (exact) mass is 298 g/mol. The van der Waals surface area contributed by atoms with Crippen molar-refractivity contribution in [1.82, 2.24) is 4.90 Å². The highest BCUT2D eigenvalue weighted by Crippen LogP contribution is 2.31. The summed E-state index contributed by atoms with van der Waals surface area (Å²) in [5.74, 6) is 0.293. The first-order valence-electron chi connectivity index (χ1n) is 7.30. The molecule has 0 amide bonds. The van der Waals surface area contributed by atoms with Gasteiger partial charge >= 0.3 is 6.61 Å². The lowest BCUT2D eigenvalue weighted by atomic mass is 9.90. The van der Waals surface area contributed by atoms with Crippen molar-refractivity contribution in [2.75, 3.05) is 19.6 Å². The normalized spacial score (nSPS) is 23.0. The van der Waals surface area contributed by atoms with Crippen LogP contribution in [0.3, 0.4) is 0 Å². The van der Waals surface area contributed by atoms with Gasteiger partial charge in [0.2, 0.25) is 0 Å². The summed E-state index contributed by atoms with van der Waals surface area (Å²) in [7, 11) is 0. The van der Waals surface area contributed by atoms with Gasteiger partial charge < -0.3 is 10.5 Å². The van der Waals surface area contributed by atoms with Crippen LogP contribution in [-0.4, -0.2) is 31.1 Å². The van der Waals surface area contributed by atoms with Crippen molar-refractivity contribution < 1.29 is 13.5 Å². The number of hydrogen-bond acceptors (Lipinski definition) is 3. The second-order valence-corrected chi connectivity index (χ2v) is 6.41. The molecule has 1 fully saturated rings. The van der Waals surface area contributed by atoms with Crippen molar-refractivity contribution in [2.45, 2.75) is 40.3 Å². The standard InChI is InChI=1S/C16H24F2N2O/c1-11-6-13(7-12(2)14(11)21-15(17)18)8-20-5-4-16(3,9-19)10-20/h6-7,15H,4-5,8-10,19H2,1-3H3. The van der Waals surface area contributed by atoms with E-state index < -0.39 is 6.61 Å². The number of rotatable bonds is 5. The van der Waals surface area contributed by atoms with Gasteiger partial charge in [-0.1, -0.05) is 19.1 Å². The summed E-state index contributed by atoms with van der Waals surface area (Å²) in [4.78, 5) is 2.37. The van der Waals surface area contributed by atoms with Crippen molar-refractivity contribution >= 4 is 0 Å². The Hall–Kier alpha value is -1.20. The van der Waals surface area contributed by atoms with Crippen LogP contribution in [0.2, 0.25) is 0 Å². The molecule has 1 saturated heterocycles. The maximum Gasteiger partial charge on any atom is 0.387 e. The topological polar surface area (TPSA) is 38.5 Å². The molecule has 2 rings (SSSR count). The average Bonchev–Trinajstić information content (AvgIpc) is 2.76. The molecule has 0 aromatic heterocycles. The maximum absolute atomic E-state index is 12.4. The fraction of sp³-hybridized carbons (Fsp3) is 0.625. The van der Waals surface area contributed by atoms with Gasteiger partial charge in [0.15, 0.2) is 0 Å². The molecular formula is C16H24F2N2O. The summed E-state index contributed by atoms with van der Waals surface area (Å²) in [5, 5.41) is 0. The lowest BCUT2D eigenvalue weighted by molar-refractivity contribution is -0.0507. The molecule has 0 bridgehead atoms. The Morgan fingerprint density at radius 2 is 1.95 bits per heavy atom. The van der Waals surface area contributed by atoms with Gasteiger partial charge in [0.1, 0.15) is 5.75 Å². The van der Waals surface area contributed by atoms with Gasteiger partial charge in [0.25, 0.3) is 0 Å². The van der Waals surface area contributed by atoms with Crippen molar-refractivity contribution in [2.24, 2.45) is 11.1 Å². The number of benzene rings is 1. The summed E-state index contributed by atoms with van der Waals surface area (Å²) >= 11 is 0. The van der Waals surface area contributed by atoms with Crippen LogP contribution in [0.15, 0.2) is 12.1 Å². The zero-order valence-corrected chi connectivity index (χ0v) is 13.0. The van der Waals surface area contributed by atoms with Crippen LogP contribution in [0.25, 0.3) is 0 Å². The highest BCUT2D eigenvalue weighted by Gasteiger charge is 2.32. The number of likely N-dealkylation sites (tertiary alicyclic amines) is 1.